The number of benzene rings is 1. The summed E-state index contributed by atoms with van der Waals surface area (Å²) in [6.07, 6.45) is -4.21. The average molecular weight is 317 g/mol. The Bertz CT molecular complexity index is 600. The number of hydrogen-bond acceptors (Lipinski definition) is 5. The van der Waals surface area contributed by atoms with Gasteiger partial charge >= 0.3 is 12.1 Å². The predicted molar refractivity (Wildman–Crippen MR) is 70.3 cm³/mol. The lowest BCUT2D eigenvalue weighted by Crippen LogP contribution is -2.40. The second-order valence-electron chi connectivity index (χ2n) is 4.91. The number of rotatable bonds is 3. The van der Waals surface area contributed by atoms with Gasteiger partial charge in [0.1, 0.15) is 0 Å². The van der Waals surface area contributed by atoms with Gasteiger partial charge in [-0.05, 0) is 37.5 Å². The minimum absolute atomic E-state index is 0.0698. The second-order valence-corrected chi connectivity index (χ2v) is 4.91. The number of carbonyl (C=O) groups is 2. The highest BCUT2D eigenvalue weighted by molar-refractivity contribution is 5.96. The first-order chi connectivity index (χ1) is 10.2. The van der Waals surface area contributed by atoms with E-state index in [0.717, 1.165) is 5.56 Å². The molecule has 0 aliphatic heterocycles. The lowest BCUT2D eigenvalue weighted by molar-refractivity contribution is -0.230. The van der Waals surface area contributed by atoms with E-state index in [0.29, 0.717) is 23.6 Å². The fourth-order valence-electron chi connectivity index (χ4n) is 1.77. The molecule has 1 fully saturated rings. The van der Waals surface area contributed by atoms with Gasteiger partial charge in [-0.1, -0.05) is 6.07 Å². The summed E-state index contributed by atoms with van der Waals surface area (Å²) < 4.78 is 36.9. The third kappa shape index (κ3) is 3.48. The smallest absolute Gasteiger partial charge is 0.329 e. The maximum Gasteiger partial charge on any atom is 0.493 e. The van der Waals surface area contributed by atoms with Gasteiger partial charge in [-0.15, -0.1) is 0 Å². The lowest BCUT2D eigenvalue weighted by Gasteiger charge is -2.21. The summed E-state index contributed by atoms with van der Waals surface area (Å²) in [6.45, 7) is 1.74. The van der Waals surface area contributed by atoms with Crippen LogP contribution in [0.2, 0.25) is 0 Å². The van der Waals surface area contributed by atoms with Crippen LogP contribution in [0, 0.1) is 6.92 Å². The molecule has 120 valence electrons. The maximum absolute atomic E-state index is 12.3. The van der Waals surface area contributed by atoms with Crippen molar-refractivity contribution in [1.29, 1.82) is 0 Å². The number of hydroxylamine groups is 2. The molecule has 0 spiro atoms. The Balaban J connectivity index is 2.22. The largest absolute Gasteiger partial charge is 0.493 e. The molecule has 2 rings (SSSR count). The van der Waals surface area contributed by atoms with Crippen LogP contribution in [0.1, 0.15) is 28.8 Å². The van der Waals surface area contributed by atoms with Gasteiger partial charge in [0, 0.05) is 5.56 Å². The number of anilines is 1. The molecular formula is C13H14F3N3O3. The zero-order chi connectivity index (χ0) is 16.5. The van der Waals surface area contributed by atoms with Gasteiger partial charge in [0.2, 0.25) is 0 Å². The molecule has 0 bridgehead atoms. The summed E-state index contributed by atoms with van der Waals surface area (Å²) in [5.41, 5.74) is 3.65. The van der Waals surface area contributed by atoms with E-state index in [1.165, 1.54) is 12.1 Å². The van der Waals surface area contributed by atoms with E-state index in [2.05, 4.69) is 10.3 Å². The third-order valence-electron chi connectivity index (χ3n) is 3.13. The lowest BCUT2D eigenvalue weighted by atomic mass is 10.1. The minimum Gasteiger partial charge on any atom is -0.329 e. The number of nitrogens with zero attached hydrogens (tertiary/aromatic N) is 1. The first-order valence-corrected chi connectivity index (χ1v) is 6.44. The van der Waals surface area contributed by atoms with Crippen molar-refractivity contribution < 1.29 is 27.6 Å². The molecular weight excluding hydrogens is 303 g/mol. The zero-order valence-corrected chi connectivity index (χ0v) is 11.6. The molecule has 1 aromatic carbocycles. The number of halogens is 3. The number of amides is 1. The average Bonchev–Trinajstić information content (AvgIpc) is 3.27. The number of alkyl halides is 3. The van der Waals surface area contributed by atoms with Crippen LogP contribution in [0.3, 0.4) is 0 Å². The molecule has 0 heterocycles. The van der Waals surface area contributed by atoms with Gasteiger partial charge in [0.05, 0.1) is 11.7 Å². The van der Waals surface area contributed by atoms with Crippen molar-refractivity contribution in [3.63, 3.8) is 0 Å². The predicted octanol–water partition coefficient (Wildman–Crippen LogP) is 1.91. The maximum atomic E-state index is 12.3. The minimum atomic E-state index is -5.16. The summed E-state index contributed by atoms with van der Waals surface area (Å²) >= 11 is 0. The normalized spacial score (nSPS) is 14.4. The molecule has 0 aromatic heterocycles. The van der Waals surface area contributed by atoms with E-state index >= 15 is 0 Å². The number of aryl methyl sites for hydroxylation is 1. The highest BCUT2D eigenvalue weighted by Gasteiger charge is 2.46. The summed E-state index contributed by atoms with van der Waals surface area (Å²) in [5.74, 6) is 2.05. The Hall–Kier alpha value is -2.29. The summed E-state index contributed by atoms with van der Waals surface area (Å²) in [7, 11) is 0. The van der Waals surface area contributed by atoms with Crippen LogP contribution in [-0.4, -0.2) is 29.2 Å². The van der Waals surface area contributed by atoms with E-state index in [1.807, 2.05) is 0 Å². The van der Waals surface area contributed by atoms with Crippen LogP contribution in [-0.2, 0) is 9.63 Å². The van der Waals surface area contributed by atoms with Crippen molar-refractivity contribution in [2.75, 3.05) is 5.43 Å². The van der Waals surface area contributed by atoms with Crippen molar-refractivity contribution >= 4 is 17.6 Å². The van der Waals surface area contributed by atoms with Crippen molar-refractivity contribution in [2.24, 2.45) is 5.84 Å². The highest BCUT2D eigenvalue weighted by Crippen LogP contribution is 2.31. The van der Waals surface area contributed by atoms with Crippen LogP contribution >= 0.6 is 0 Å². The van der Waals surface area contributed by atoms with E-state index < -0.39 is 24.1 Å². The second kappa shape index (κ2) is 5.84. The first kappa shape index (κ1) is 16.1. The van der Waals surface area contributed by atoms with Crippen LogP contribution in [0.4, 0.5) is 18.9 Å². The SMILES string of the molecule is Cc1ccc(C(=O)N(OC(=O)C(F)(F)F)C2CC2)cc1NN. The summed E-state index contributed by atoms with van der Waals surface area (Å²) in [6, 6.07) is 3.86. The molecule has 1 amide bonds. The number of nitrogens with one attached hydrogen (secondary N) is 1. The Morgan fingerprint density at radius 2 is 2.00 bits per heavy atom. The Morgan fingerprint density at radius 3 is 2.50 bits per heavy atom. The van der Waals surface area contributed by atoms with Crippen molar-refractivity contribution in [3.05, 3.63) is 29.3 Å². The van der Waals surface area contributed by atoms with Crippen LogP contribution in [0.25, 0.3) is 0 Å². The van der Waals surface area contributed by atoms with Crippen molar-refractivity contribution in [2.45, 2.75) is 32.0 Å². The fraction of sp³-hybridized carbons (Fsp3) is 0.385. The van der Waals surface area contributed by atoms with E-state index in [1.54, 1.807) is 13.0 Å². The van der Waals surface area contributed by atoms with Gasteiger partial charge in [-0.2, -0.15) is 18.2 Å². The van der Waals surface area contributed by atoms with Gasteiger partial charge in [0.15, 0.2) is 0 Å². The van der Waals surface area contributed by atoms with Crippen LogP contribution < -0.4 is 11.3 Å². The molecule has 1 aliphatic rings. The molecule has 0 atom stereocenters. The monoisotopic (exact) mass is 317 g/mol. The zero-order valence-electron chi connectivity index (χ0n) is 11.6. The van der Waals surface area contributed by atoms with Gasteiger partial charge in [-0.3, -0.25) is 10.6 Å². The molecule has 3 N–H and O–H groups in total. The van der Waals surface area contributed by atoms with Crippen molar-refractivity contribution in [1.82, 2.24) is 5.06 Å². The van der Waals surface area contributed by atoms with Crippen LogP contribution in [0.5, 0.6) is 0 Å². The number of carbonyl (C=O) groups excluding carboxylic acids is 2. The summed E-state index contributed by atoms with van der Waals surface area (Å²) in [4.78, 5) is 27.5. The fourth-order valence-corrected chi connectivity index (χ4v) is 1.77. The number of nitrogens with two attached hydrogens (primary N) is 1. The number of hydrogen-bond donors (Lipinski definition) is 2. The quantitative estimate of drug-likeness (QED) is 0.657. The number of hydrazine groups is 1. The Morgan fingerprint density at radius 1 is 1.36 bits per heavy atom. The molecule has 1 aliphatic carbocycles. The van der Waals surface area contributed by atoms with E-state index in [-0.39, 0.29) is 5.56 Å². The topological polar surface area (TPSA) is 84.7 Å². The van der Waals surface area contributed by atoms with Gasteiger partial charge in [0.25, 0.3) is 5.91 Å². The molecule has 1 aromatic rings. The molecule has 6 nitrogen and oxygen atoms in total. The summed E-state index contributed by atoms with van der Waals surface area (Å²) in [5, 5.41) is 0.487. The van der Waals surface area contributed by atoms with E-state index in [4.69, 9.17) is 5.84 Å². The Labute approximate surface area is 123 Å². The molecule has 0 saturated heterocycles. The number of nitrogen functional groups attached to an aromatic ring is 1. The standard InChI is InChI=1S/C13H14F3N3O3/c1-7-2-3-8(6-10(7)18-17)11(20)19(9-4-5-9)22-12(21)13(14,15)16/h2-3,6,9,18H,4-5,17H2,1H3. The first-order valence-electron chi connectivity index (χ1n) is 6.44. The third-order valence-corrected chi connectivity index (χ3v) is 3.13. The van der Waals surface area contributed by atoms with E-state index in [9.17, 15) is 22.8 Å². The molecule has 22 heavy (non-hydrogen) atoms. The molecule has 9 heteroatoms. The Kier molecular flexibility index (Phi) is 4.27. The van der Waals surface area contributed by atoms with Gasteiger partial charge < -0.3 is 10.3 Å². The van der Waals surface area contributed by atoms with Gasteiger partial charge in [-0.25, -0.2) is 4.79 Å². The molecule has 0 radical (unpaired) electrons. The van der Waals surface area contributed by atoms with Crippen LogP contribution in [0.15, 0.2) is 18.2 Å². The highest BCUT2D eigenvalue weighted by atomic mass is 19.4. The molecule has 0 unspecified atom stereocenters. The molecule has 1 saturated carbocycles. The van der Waals surface area contributed by atoms with Crippen molar-refractivity contribution in [3.8, 4) is 0 Å².